The SMILES string of the molecule is CN(C)C(O)c1ccc(-c2cc3nccc(-c4ccc(OC5CC(CO)(CCl)C5)c(C#N)c4)c3o2)cc1. The fourth-order valence-electron chi connectivity index (χ4n) is 4.76. The number of hydrogen-bond donors (Lipinski definition) is 2. The van der Waals surface area contributed by atoms with Crippen molar-refractivity contribution < 1.29 is 19.4 Å². The van der Waals surface area contributed by atoms with Crippen molar-refractivity contribution in [3.05, 3.63) is 71.9 Å². The van der Waals surface area contributed by atoms with Crippen LogP contribution in [0.2, 0.25) is 0 Å². The Balaban J connectivity index is 1.42. The summed E-state index contributed by atoms with van der Waals surface area (Å²) in [6.45, 7) is 0.0335. The number of aliphatic hydroxyl groups is 2. The molecule has 0 bridgehead atoms. The maximum atomic E-state index is 10.3. The molecule has 7 nitrogen and oxygen atoms in total. The Hall–Kier alpha value is -3.41. The minimum atomic E-state index is -0.680. The molecule has 2 aromatic heterocycles. The number of alkyl halides is 1. The van der Waals surface area contributed by atoms with E-state index in [1.165, 1.54) is 0 Å². The summed E-state index contributed by atoms with van der Waals surface area (Å²) in [4.78, 5) is 6.20. The Labute approximate surface area is 220 Å². The molecule has 4 aromatic rings. The van der Waals surface area contributed by atoms with E-state index in [4.69, 9.17) is 20.8 Å². The standard InChI is InChI=1S/C29H28ClN3O4/c1-33(2)28(35)19-5-3-18(4-6-19)26-12-24-27(37-26)23(9-10-32-24)20-7-8-25(21(11-20)15-31)36-22-13-29(14-22,16-30)17-34/h3-12,22,28,34-35H,13-14,16-17H2,1-2H3. The van der Waals surface area contributed by atoms with Crippen LogP contribution in [-0.4, -0.2) is 52.8 Å². The average Bonchev–Trinajstić information content (AvgIpc) is 3.35. The molecule has 8 heteroatoms. The number of pyridine rings is 1. The van der Waals surface area contributed by atoms with E-state index >= 15 is 0 Å². The molecule has 0 spiro atoms. The van der Waals surface area contributed by atoms with Crippen molar-refractivity contribution in [2.45, 2.75) is 25.2 Å². The minimum absolute atomic E-state index is 0.0335. The molecule has 0 aliphatic heterocycles. The first kappa shape index (κ1) is 25.2. The summed E-state index contributed by atoms with van der Waals surface area (Å²) >= 11 is 6.00. The Bertz CT molecular complexity index is 1450. The smallest absolute Gasteiger partial charge is 0.161 e. The first-order chi connectivity index (χ1) is 17.9. The maximum absolute atomic E-state index is 10.3. The van der Waals surface area contributed by atoms with Crippen molar-refractivity contribution in [3.63, 3.8) is 0 Å². The molecular formula is C29H28ClN3O4. The van der Waals surface area contributed by atoms with Gasteiger partial charge in [0.15, 0.2) is 5.58 Å². The van der Waals surface area contributed by atoms with E-state index in [2.05, 4.69) is 11.1 Å². The van der Waals surface area contributed by atoms with Crippen LogP contribution in [0.4, 0.5) is 0 Å². The number of aromatic nitrogens is 1. The number of nitriles is 1. The predicted molar refractivity (Wildman–Crippen MR) is 142 cm³/mol. The molecule has 1 unspecified atom stereocenters. The van der Waals surface area contributed by atoms with Gasteiger partial charge in [0.1, 0.15) is 35.4 Å². The topological polar surface area (TPSA) is 103 Å². The normalized spacial score (nSPS) is 20.0. The van der Waals surface area contributed by atoms with Gasteiger partial charge in [-0.3, -0.25) is 9.88 Å². The molecule has 1 aliphatic rings. The zero-order valence-corrected chi connectivity index (χ0v) is 21.4. The number of ether oxygens (including phenoxy) is 1. The number of halogens is 1. The van der Waals surface area contributed by atoms with Crippen LogP contribution in [0.25, 0.3) is 33.6 Å². The van der Waals surface area contributed by atoms with Crippen LogP contribution >= 0.6 is 11.6 Å². The Morgan fingerprint density at radius 1 is 1.16 bits per heavy atom. The van der Waals surface area contributed by atoms with E-state index in [1.807, 2.05) is 56.6 Å². The van der Waals surface area contributed by atoms with Gasteiger partial charge in [-0.2, -0.15) is 5.26 Å². The summed E-state index contributed by atoms with van der Waals surface area (Å²) in [5.41, 5.74) is 4.78. The van der Waals surface area contributed by atoms with Crippen LogP contribution < -0.4 is 4.74 Å². The van der Waals surface area contributed by atoms with Crippen molar-refractivity contribution in [2.75, 3.05) is 26.6 Å². The summed E-state index contributed by atoms with van der Waals surface area (Å²) in [6.07, 6.45) is 2.29. The van der Waals surface area contributed by atoms with Crippen LogP contribution in [0, 0.1) is 16.7 Å². The second-order valence-electron chi connectivity index (χ2n) is 9.91. The molecule has 1 fully saturated rings. The largest absolute Gasteiger partial charge is 0.489 e. The van der Waals surface area contributed by atoms with Crippen molar-refractivity contribution >= 4 is 22.7 Å². The summed E-state index contributed by atoms with van der Waals surface area (Å²) in [5.74, 6) is 1.57. The summed E-state index contributed by atoms with van der Waals surface area (Å²) in [5, 5.41) is 29.6. The number of furan rings is 1. The zero-order chi connectivity index (χ0) is 26.2. The highest BCUT2D eigenvalue weighted by Gasteiger charge is 2.44. The Morgan fingerprint density at radius 3 is 2.54 bits per heavy atom. The van der Waals surface area contributed by atoms with Gasteiger partial charge in [0.25, 0.3) is 0 Å². The lowest BCUT2D eigenvalue weighted by atomic mass is 9.68. The second-order valence-corrected chi connectivity index (χ2v) is 10.2. The van der Waals surface area contributed by atoms with Gasteiger partial charge in [-0.1, -0.05) is 30.3 Å². The molecule has 0 radical (unpaired) electrons. The van der Waals surface area contributed by atoms with Crippen LogP contribution in [0.5, 0.6) is 5.75 Å². The maximum Gasteiger partial charge on any atom is 0.161 e. The lowest BCUT2D eigenvalue weighted by Crippen LogP contribution is -2.47. The van der Waals surface area contributed by atoms with E-state index in [1.54, 1.807) is 23.2 Å². The second kappa shape index (κ2) is 10.2. The number of fused-ring (bicyclic) bond motifs is 1. The third-order valence-corrected chi connectivity index (χ3v) is 7.61. The quantitative estimate of drug-likeness (QED) is 0.240. The third-order valence-electron chi connectivity index (χ3n) is 7.04. The molecule has 1 atom stereocenters. The third kappa shape index (κ3) is 4.81. The molecule has 0 amide bonds. The molecule has 190 valence electrons. The lowest BCUT2D eigenvalue weighted by molar-refractivity contribution is -0.0353. The molecule has 1 aliphatic carbocycles. The monoisotopic (exact) mass is 517 g/mol. The van der Waals surface area contributed by atoms with Gasteiger partial charge in [0.2, 0.25) is 0 Å². The van der Waals surface area contributed by atoms with E-state index in [0.717, 1.165) is 22.3 Å². The molecular weight excluding hydrogens is 490 g/mol. The summed E-state index contributed by atoms with van der Waals surface area (Å²) in [7, 11) is 3.63. The number of benzene rings is 2. The van der Waals surface area contributed by atoms with Crippen molar-refractivity contribution in [2.24, 2.45) is 5.41 Å². The first-order valence-corrected chi connectivity index (χ1v) is 12.6. The highest BCUT2D eigenvalue weighted by molar-refractivity contribution is 6.18. The van der Waals surface area contributed by atoms with E-state index in [0.29, 0.717) is 46.9 Å². The van der Waals surface area contributed by atoms with Crippen molar-refractivity contribution in [1.29, 1.82) is 5.26 Å². The molecule has 5 rings (SSSR count). The van der Waals surface area contributed by atoms with Crippen molar-refractivity contribution in [1.82, 2.24) is 9.88 Å². The molecule has 1 saturated carbocycles. The minimum Gasteiger partial charge on any atom is -0.489 e. The van der Waals surface area contributed by atoms with Crippen LogP contribution in [0.3, 0.4) is 0 Å². The van der Waals surface area contributed by atoms with Gasteiger partial charge >= 0.3 is 0 Å². The van der Waals surface area contributed by atoms with E-state index < -0.39 is 6.23 Å². The average molecular weight is 518 g/mol. The number of rotatable bonds is 8. The van der Waals surface area contributed by atoms with Crippen LogP contribution in [-0.2, 0) is 0 Å². The van der Waals surface area contributed by atoms with Gasteiger partial charge in [-0.15, -0.1) is 11.6 Å². The van der Waals surface area contributed by atoms with Gasteiger partial charge in [-0.05, 0) is 56.3 Å². The predicted octanol–water partition coefficient (Wildman–Crippen LogP) is 5.34. The number of hydrogen-bond acceptors (Lipinski definition) is 7. The summed E-state index contributed by atoms with van der Waals surface area (Å²) < 4.78 is 12.3. The van der Waals surface area contributed by atoms with Gasteiger partial charge in [0.05, 0.1) is 12.2 Å². The Morgan fingerprint density at radius 2 is 1.89 bits per heavy atom. The zero-order valence-electron chi connectivity index (χ0n) is 20.7. The highest BCUT2D eigenvalue weighted by Crippen LogP contribution is 2.44. The molecule has 2 N–H and O–H groups in total. The van der Waals surface area contributed by atoms with Gasteiger partial charge in [-0.25, -0.2) is 0 Å². The lowest BCUT2D eigenvalue weighted by Gasteiger charge is -2.45. The fraction of sp³-hybridized carbons (Fsp3) is 0.310. The van der Waals surface area contributed by atoms with E-state index in [9.17, 15) is 15.5 Å². The molecule has 0 saturated heterocycles. The first-order valence-electron chi connectivity index (χ1n) is 12.1. The van der Waals surface area contributed by atoms with Crippen LogP contribution in [0.15, 0.2) is 65.2 Å². The number of aliphatic hydroxyl groups excluding tert-OH is 2. The molecule has 2 aromatic carbocycles. The van der Waals surface area contributed by atoms with Gasteiger partial charge < -0.3 is 19.4 Å². The van der Waals surface area contributed by atoms with Gasteiger partial charge in [0, 0.05) is 34.7 Å². The van der Waals surface area contributed by atoms with Crippen LogP contribution in [0.1, 0.15) is 30.2 Å². The van der Waals surface area contributed by atoms with E-state index in [-0.39, 0.29) is 18.1 Å². The highest BCUT2D eigenvalue weighted by atomic mass is 35.5. The Kier molecular flexibility index (Phi) is 6.93. The molecule has 2 heterocycles. The fourth-order valence-corrected chi connectivity index (χ4v) is 5.07. The van der Waals surface area contributed by atoms with Crippen molar-refractivity contribution in [3.8, 4) is 34.3 Å². The summed E-state index contributed by atoms with van der Waals surface area (Å²) in [6, 6.07) is 19.1. The number of nitrogens with zero attached hydrogens (tertiary/aromatic N) is 3. The molecule has 37 heavy (non-hydrogen) atoms.